The van der Waals surface area contributed by atoms with Gasteiger partial charge in [0.2, 0.25) is 11.7 Å². The van der Waals surface area contributed by atoms with Crippen LogP contribution in [0.1, 0.15) is 43.2 Å². The minimum Gasteiger partial charge on any atom is -0.352 e. The van der Waals surface area contributed by atoms with E-state index >= 15 is 0 Å². The highest BCUT2D eigenvalue weighted by Crippen LogP contribution is 2.35. The molecule has 0 spiro atoms. The summed E-state index contributed by atoms with van der Waals surface area (Å²) in [4.78, 5) is 14.7. The third kappa shape index (κ3) is 5.44. The van der Waals surface area contributed by atoms with Gasteiger partial charge >= 0.3 is 18.2 Å². The van der Waals surface area contributed by atoms with Gasteiger partial charge in [-0.2, -0.15) is 31.3 Å². The van der Waals surface area contributed by atoms with E-state index in [4.69, 9.17) is 0 Å². The second-order valence-corrected chi connectivity index (χ2v) is 5.67. The first kappa shape index (κ1) is 20.7. The van der Waals surface area contributed by atoms with E-state index in [-0.39, 0.29) is 30.0 Å². The van der Waals surface area contributed by atoms with Gasteiger partial charge in [-0.05, 0) is 18.1 Å². The summed E-state index contributed by atoms with van der Waals surface area (Å²) in [5.74, 6) is -2.66. The van der Waals surface area contributed by atoms with Crippen LogP contribution in [0.5, 0.6) is 0 Å². The zero-order valence-corrected chi connectivity index (χ0v) is 14.0. The summed E-state index contributed by atoms with van der Waals surface area (Å²) in [7, 11) is 0. The van der Waals surface area contributed by atoms with E-state index in [0.29, 0.717) is 12.5 Å². The van der Waals surface area contributed by atoms with Crippen molar-refractivity contribution >= 4 is 5.91 Å². The normalized spacial score (nSPS) is 12.3. The van der Waals surface area contributed by atoms with Gasteiger partial charge in [-0.1, -0.05) is 30.6 Å². The van der Waals surface area contributed by atoms with Crippen LogP contribution < -0.4 is 5.32 Å². The first-order valence-corrected chi connectivity index (χ1v) is 7.90. The molecule has 148 valence electrons. The Labute approximate surface area is 149 Å². The fourth-order valence-corrected chi connectivity index (χ4v) is 2.21. The van der Waals surface area contributed by atoms with Gasteiger partial charge in [-0.3, -0.25) is 4.79 Å². The summed E-state index contributed by atoms with van der Waals surface area (Å²) in [6, 6.07) is 2.81. The average molecular weight is 395 g/mol. The predicted molar refractivity (Wildman–Crippen MR) is 81.1 cm³/mol. The highest BCUT2D eigenvalue weighted by atomic mass is 19.4. The highest BCUT2D eigenvalue weighted by Gasteiger charge is 2.39. The number of hydrogen-bond acceptors (Lipinski definition) is 4. The van der Waals surface area contributed by atoms with Crippen LogP contribution in [-0.2, 0) is 23.7 Å². The highest BCUT2D eigenvalue weighted by molar-refractivity contribution is 5.75. The van der Waals surface area contributed by atoms with Crippen LogP contribution in [0, 0.1) is 0 Å². The molecule has 0 aliphatic carbocycles. The van der Waals surface area contributed by atoms with Gasteiger partial charge in [0.25, 0.3) is 0 Å². The van der Waals surface area contributed by atoms with E-state index in [0.717, 1.165) is 18.6 Å². The molecule has 0 bridgehead atoms. The van der Waals surface area contributed by atoms with Gasteiger partial charge in [-0.25, -0.2) is 0 Å². The number of alkyl halides is 6. The van der Waals surface area contributed by atoms with Crippen LogP contribution in [0.25, 0.3) is 11.4 Å². The van der Waals surface area contributed by atoms with Crippen LogP contribution in [-0.4, -0.2) is 16.0 Å². The molecule has 0 fully saturated rings. The molecule has 0 radical (unpaired) electrons. The van der Waals surface area contributed by atoms with Crippen molar-refractivity contribution in [1.29, 1.82) is 0 Å². The van der Waals surface area contributed by atoms with Gasteiger partial charge < -0.3 is 9.84 Å². The van der Waals surface area contributed by atoms with E-state index in [1.165, 1.54) is 0 Å². The smallest absolute Gasteiger partial charge is 0.352 e. The van der Waals surface area contributed by atoms with Crippen LogP contribution in [0.4, 0.5) is 26.3 Å². The molecule has 2 aromatic rings. The molecular formula is C16H15F6N3O2. The number of nitrogens with one attached hydrogen (secondary N) is 1. The van der Waals surface area contributed by atoms with Crippen molar-refractivity contribution in [3.63, 3.8) is 0 Å². The molecule has 0 unspecified atom stereocenters. The third-order valence-corrected chi connectivity index (χ3v) is 3.58. The summed E-state index contributed by atoms with van der Waals surface area (Å²) in [6.07, 6.45) is -8.12. The second kappa shape index (κ2) is 7.97. The number of halogens is 6. The topological polar surface area (TPSA) is 68.0 Å². The van der Waals surface area contributed by atoms with Gasteiger partial charge in [0, 0.05) is 18.5 Å². The molecule has 0 atom stereocenters. The number of carbonyl (C=O) groups is 1. The maximum Gasteiger partial charge on any atom is 0.471 e. The molecule has 2 rings (SSSR count). The van der Waals surface area contributed by atoms with Crippen LogP contribution in [0.3, 0.4) is 0 Å². The molecule has 11 heteroatoms. The molecule has 1 amide bonds. The fourth-order valence-electron chi connectivity index (χ4n) is 2.21. The van der Waals surface area contributed by atoms with Crippen molar-refractivity contribution in [2.45, 2.75) is 45.1 Å². The van der Waals surface area contributed by atoms with Crippen molar-refractivity contribution in [2.24, 2.45) is 0 Å². The van der Waals surface area contributed by atoms with Crippen LogP contribution >= 0.6 is 0 Å². The zero-order chi connectivity index (χ0) is 20.2. The molecule has 1 aromatic carbocycles. The maximum absolute atomic E-state index is 13.3. The second-order valence-electron chi connectivity index (χ2n) is 5.67. The predicted octanol–water partition coefficient (Wildman–Crippen LogP) is 4.58. The number of rotatable bonds is 6. The average Bonchev–Trinajstić information content (AvgIpc) is 3.07. The Kier molecular flexibility index (Phi) is 6.11. The van der Waals surface area contributed by atoms with Crippen molar-refractivity contribution in [2.75, 3.05) is 0 Å². The monoisotopic (exact) mass is 395 g/mol. The number of unbranched alkanes of at least 4 members (excludes halogenated alkanes) is 1. The van der Waals surface area contributed by atoms with Crippen LogP contribution in [0.2, 0.25) is 0 Å². The van der Waals surface area contributed by atoms with Crippen molar-refractivity contribution in [3.05, 3.63) is 35.2 Å². The Morgan fingerprint density at radius 3 is 2.41 bits per heavy atom. The molecule has 5 nitrogen and oxygen atoms in total. The molecule has 0 aliphatic heterocycles. The van der Waals surface area contributed by atoms with E-state index in [1.54, 1.807) is 0 Å². The van der Waals surface area contributed by atoms with Crippen molar-refractivity contribution in [3.8, 4) is 11.4 Å². The molecule has 1 N–H and O–H groups in total. The molecular weight excluding hydrogens is 380 g/mol. The Morgan fingerprint density at radius 1 is 1.15 bits per heavy atom. The third-order valence-electron chi connectivity index (χ3n) is 3.58. The van der Waals surface area contributed by atoms with Crippen LogP contribution in [0.15, 0.2) is 22.7 Å². The number of aromatic nitrogens is 2. The lowest BCUT2D eigenvalue weighted by molar-refractivity contribution is -0.159. The molecule has 0 saturated carbocycles. The number of carbonyl (C=O) groups excluding carboxylic acids is 1. The zero-order valence-electron chi connectivity index (χ0n) is 14.0. The molecule has 1 heterocycles. The molecule has 27 heavy (non-hydrogen) atoms. The Morgan fingerprint density at radius 2 is 1.85 bits per heavy atom. The van der Waals surface area contributed by atoms with Gasteiger partial charge in [0.1, 0.15) is 0 Å². The lowest BCUT2D eigenvalue weighted by Gasteiger charge is -2.14. The standard InChI is InChI=1S/C16H15F6N3O2/c1-2-3-4-12(26)23-8-10-6-5-9(7-11(10)15(17,18)19)13-24-14(27-25-13)16(20,21)22/h5-7H,2-4,8H2,1H3,(H,23,26). The summed E-state index contributed by atoms with van der Waals surface area (Å²) >= 11 is 0. The van der Waals surface area contributed by atoms with Crippen molar-refractivity contribution < 1.29 is 35.7 Å². The maximum atomic E-state index is 13.3. The largest absolute Gasteiger partial charge is 0.471 e. The lowest BCUT2D eigenvalue weighted by atomic mass is 10.0. The van der Waals surface area contributed by atoms with Gasteiger partial charge in [-0.15, -0.1) is 0 Å². The Balaban J connectivity index is 2.28. The van der Waals surface area contributed by atoms with E-state index < -0.39 is 29.6 Å². The minimum absolute atomic E-state index is 0.193. The summed E-state index contributed by atoms with van der Waals surface area (Å²) in [6.45, 7) is 1.51. The first-order chi connectivity index (χ1) is 12.5. The number of benzene rings is 1. The van der Waals surface area contributed by atoms with Gasteiger partial charge in [0.05, 0.1) is 5.56 Å². The van der Waals surface area contributed by atoms with E-state index in [1.807, 2.05) is 6.92 Å². The quantitative estimate of drug-likeness (QED) is 0.727. The summed E-state index contributed by atoms with van der Waals surface area (Å²) in [5, 5.41) is 5.46. The summed E-state index contributed by atoms with van der Waals surface area (Å²) in [5.41, 5.74) is -1.62. The summed E-state index contributed by atoms with van der Waals surface area (Å²) < 4.78 is 81.5. The number of nitrogens with zero attached hydrogens (tertiary/aromatic N) is 2. The Hall–Kier alpha value is -2.59. The first-order valence-electron chi connectivity index (χ1n) is 7.90. The fraction of sp³-hybridized carbons (Fsp3) is 0.438. The molecule has 0 saturated heterocycles. The Bertz CT molecular complexity index is 798. The number of amides is 1. The lowest BCUT2D eigenvalue weighted by Crippen LogP contribution is -2.24. The number of hydrogen-bond donors (Lipinski definition) is 1. The molecule has 1 aromatic heterocycles. The van der Waals surface area contributed by atoms with E-state index in [2.05, 4.69) is 20.0 Å². The van der Waals surface area contributed by atoms with E-state index in [9.17, 15) is 31.1 Å². The van der Waals surface area contributed by atoms with Crippen molar-refractivity contribution in [1.82, 2.24) is 15.5 Å². The SMILES string of the molecule is CCCCC(=O)NCc1ccc(-c2noc(C(F)(F)F)n2)cc1C(F)(F)F. The van der Waals surface area contributed by atoms with Gasteiger partial charge in [0.15, 0.2) is 0 Å². The molecule has 0 aliphatic rings. The minimum atomic E-state index is -4.90.